The number of aryl methyl sites for hydroxylation is 2. The van der Waals surface area contributed by atoms with Crippen LogP contribution in [0.4, 0.5) is 5.82 Å². The minimum Gasteiger partial charge on any atom is -0.484 e. The molecule has 0 N–H and O–H groups in total. The topological polar surface area (TPSA) is 51.1 Å². The van der Waals surface area contributed by atoms with Gasteiger partial charge in [-0.1, -0.05) is 6.42 Å². The van der Waals surface area contributed by atoms with Crippen LogP contribution in [-0.2, 0) is 19.4 Å². The van der Waals surface area contributed by atoms with E-state index in [1.807, 2.05) is 23.5 Å². The quantitative estimate of drug-likeness (QED) is 0.609. The Hall–Kier alpha value is -2.21. The van der Waals surface area contributed by atoms with E-state index in [-0.39, 0.29) is 0 Å². The highest BCUT2D eigenvalue weighted by atomic mass is 32.1. The summed E-state index contributed by atoms with van der Waals surface area (Å²) in [6, 6.07) is 4.41. The van der Waals surface area contributed by atoms with Gasteiger partial charge in [-0.2, -0.15) is 0 Å². The molecule has 3 aromatic heterocycles. The first-order valence-electron chi connectivity index (χ1n) is 9.86. The molecular weight excluding hydrogens is 356 g/mol. The summed E-state index contributed by atoms with van der Waals surface area (Å²) < 4.78 is 5.87. The van der Waals surface area contributed by atoms with Crippen LogP contribution in [0.25, 0.3) is 10.2 Å². The highest BCUT2D eigenvalue weighted by Gasteiger charge is 2.30. The fourth-order valence-electron chi connectivity index (χ4n) is 3.89. The molecule has 2 aliphatic rings. The molecule has 140 valence electrons. The Bertz CT molecular complexity index is 952. The van der Waals surface area contributed by atoms with Crippen LogP contribution in [0.1, 0.15) is 48.4 Å². The van der Waals surface area contributed by atoms with Gasteiger partial charge in [0.2, 0.25) is 0 Å². The third-order valence-electron chi connectivity index (χ3n) is 5.52. The Kier molecular flexibility index (Phi) is 4.44. The van der Waals surface area contributed by atoms with E-state index in [4.69, 9.17) is 14.7 Å². The van der Waals surface area contributed by atoms with E-state index in [9.17, 15) is 0 Å². The van der Waals surface area contributed by atoms with E-state index in [1.54, 1.807) is 12.4 Å². The highest BCUT2D eigenvalue weighted by Crippen LogP contribution is 2.41. The molecule has 3 aromatic rings. The molecule has 0 amide bonds. The lowest BCUT2D eigenvalue weighted by atomic mass is 10.1. The van der Waals surface area contributed by atoms with Crippen molar-refractivity contribution in [2.75, 3.05) is 11.9 Å². The zero-order valence-corrected chi connectivity index (χ0v) is 16.5. The smallest absolute Gasteiger partial charge is 0.169 e. The summed E-state index contributed by atoms with van der Waals surface area (Å²) in [5, 5.41) is 1.30. The van der Waals surface area contributed by atoms with Gasteiger partial charge in [-0.25, -0.2) is 9.97 Å². The molecule has 5 rings (SSSR count). The van der Waals surface area contributed by atoms with Crippen molar-refractivity contribution in [2.45, 2.75) is 57.6 Å². The van der Waals surface area contributed by atoms with E-state index in [0.717, 1.165) is 28.6 Å². The van der Waals surface area contributed by atoms with Gasteiger partial charge in [0.15, 0.2) is 5.82 Å². The van der Waals surface area contributed by atoms with E-state index in [0.29, 0.717) is 12.6 Å². The molecule has 0 saturated heterocycles. The Morgan fingerprint density at radius 2 is 2.07 bits per heavy atom. The molecule has 0 spiro atoms. The first kappa shape index (κ1) is 16.9. The van der Waals surface area contributed by atoms with Crippen molar-refractivity contribution >= 4 is 27.4 Å². The van der Waals surface area contributed by atoms with Gasteiger partial charge >= 0.3 is 0 Å². The first-order chi connectivity index (χ1) is 13.3. The van der Waals surface area contributed by atoms with Gasteiger partial charge in [-0.3, -0.25) is 4.98 Å². The van der Waals surface area contributed by atoms with Crippen LogP contribution in [0.5, 0.6) is 5.75 Å². The van der Waals surface area contributed by atoms with Crippen molar-refractivity contribution in [1.29, 1.82) is 0 Å². The number of nitrogens with zero attached hydrogens (tertiary/aromatic N) is 4. The third kappa shape index (κ3) is 3.38. The molecule has 0 atom stereocenters. The fraction of sp³-hybridized carbons (Fsp3) is 0.476. The molecule has 0 bridgehead atoms. The number of fused-ring (bicyclic) bond motifs is 3. The van der Waals surface area contributed by atoms with E-state index < -0.39 is 0 Å². The van der Waals surface area contributed by atoms with Crippen molar-refractivity contribution in [3.63, 3.8) is 0 Å². The second-order valence-electron chi connectivity index (χ2n) is 7.53. The summed E-state index contributed by atoms with van der Waals surface area (Å²) in [7, 11) is 2.19. The third-order valence-corrected chi connectivity index (χ3v) is 6.71. The van der Waals surface area contributed by atoms with Crippen LogP contribution < -0.4 is 9.64 Å². The number of anilines is 1. The van der Waals surface area contributed by atoms with Gasteiger partial charge in [0.25, 0.3) is 0 Å². The molecule has 0 aliphatic heterocycles. The summed E-state index contributed by atoms with van der Waals surface area (Å²) in [6.07, 6.45) is 12.2. The standard InChI is InChI=1S/C21H24N4OS/c1-25(14-9-10-14)20-19-16-7-3-2-4-8-17(16)27-21(19)24-18(23-20)13-26-15-6-5-11-22-12-15/h5-6,11-12,14H,2-4,7-10,13H2,1H3. The molecule has 1 saturated carbocycles. The summed E-state index contributed by atoms with van der Waals surface area (Å²) in [5.41, 5.74) is 1.51. The molecule has 5 nitrogen and oxygen atoms in total. The van der Waals surface area contributed by atoms with Crippen molar-refractivity contribution in [3.05, 3.63) is 40.8 Å². The lowest BCUT2D eigenvalue weighted by Crippen LogP contribution is -2.22. The summed E-state index contributed by atoms with van der Waals surface area (Å²) in [4.78, 5) is 19.0. The van der Waals surface area contributed by atoms with E-state index in [2.05, 4.69) is 16.9 Å². The number of hydrogen-bond donors (Lipinski definition) is 0. The maximum absolute atomic E-state index is 5.87. The summed E-state index contributed by atoms with van der Waals surface area (Å²) in [5.74, 6) is 2.61. The minimum atomic E-state index is 0.371. The van der Waals surface area contributed by atoms with Gasteiger partial charge in [-0.15, -0.1) is 11.3 Å². The van der Waals surface area contributed by atoms with Gasteiger partial charge < -0.3 is 9.64 Å². The van der Waals surface area contributed by atoms with Crippen LogP contribution >= 0.6 is 11.3 Å². The zero-order valence-electron chi connectivity index (χ0n) is 15.6. The molecule has 0 aromatic carbocycles. The lowest BCUT2D eigenvalue weighted by molar-refractivity contribution is 0.295. The van der Waals surface area contributed by atoms with Gasteiger partial charge in [0, 0.05) is 24.2 Å². The SMILES string of the molecule is CN(c1nc(COc2cccnc2)nc2sc3c(c12)CCCCC3)C1CC1. The Morgan fingerprint density at radius 3 is 2.89 bits per heavy atom. The van der Waals surface area contributed by atoms with Crippen LogP contribution in [0.3, 0.4) is 0 Å². The predicted molar refractivity (Wildman–Crippen MR) is 109 cm³/mol. The largest absolute Gasteiger partial charge is 0.484 e. The average Bonchev–Trinajstić information content (AvgIpc) is 3.51. The van der Waals surface area contributed by atoms with Crippen LogP contribution in [-0.4, -0.2) is 28.0 Å². The number of hydrogen-bond acceptors (Lipinski definition) is 6. The second-order valence-corrected chi connectivity index (χ2v) is 8.61. The Morgan fingerprint density at radius 1 is 1.19 bits per heavy atom. The Labute approximate surface area is 163 Å². The maximum Gasteiger partial charge on any atom is 0.169 e. The minimum absolute atomic E-state index is 0.371. The van der Waals surface area contributed by atoms with Gasteiger partial charge in [0.1, 0.15) is 23.0 Å². The number of thiophene rings is 1. The van der Waals surface area contributed by atoms with E-state index in [1.165, 1.54) is 54.4 Å². The lowest BCUT2D eigenvalue weighted by Gasteiger charge is -2.20. The first-order valence-corrected chi connectivity index (χ1v) is 10.7. The Balaban J connectivity index is 1.54. The van der Waals surface area contributed by atoms with Crippen molar-refractivity contribution < 1.29 is 4.74 Å². The summed E-state index contributed by atoms with van der Waals surface area (Å²) in [6.45, 7) is 0.371. The number of aromatic nitrogens is 3. The maximum atomic E-state index is 5.87. The predicted octanol–water partition coefficient (Wildman–Crippen LogP) is 4.53. The summed E-state index contributed by atoms with van der Waals surface area (Å²) >= 11 is 1.87. The molecule has 2 aliphatic carbocycles. The molecule has 3 heterocycles. The van der Waals surface area contributed by atoms with Gasteiger partial charge in [-0.05, 0) is 56.2 Å². The number of pyridine rings is 1. The molecule has 1 fully saturated rings. The van der Waals surface area contributed by atoms with Crippen molar-refractivity contribution in [2.24, 2.45) is 0 Å². The molecular formula is C21H24N4OS. The van der Waals surface area contributed by atoms with Gasteiger partial charge in [0.05, 0.1) is 11.6 Å². The second kappa shape index (κ2) is 7.08. The molecule has 27 heavy (non-hydrogen) atoms. The van der Waals surface area contributed by atoms with Crippen molar-refractivity contribution in [3.8, 4) is 5.75 Å². The molecule has 0 unspecified atom stereocenters. The average molecular weight is 381 g/mol. The van der Waals surface area contributed by atoms with E-state index >= 15 is 0 Å². The van der Waals surface area contributed by atoms with Crippen LogP contribution in [0.2, 0.25) is 0 Å². The van der Waals surface area contributed by atoms with Crippen LogP contribution in [0, 0.1) is 0 Å². The highest BCUT2D eigenvalue weighted by molar-refractivity contribution is 7.19. The zero-order chi connectivity index (χ0) is 18.2. The monoisotopic (exact) mass is 380 g/mol. The number of ether oxygens (including phenoxy) is 1. The number of rotatable bonds is 5. The molecule has 6 heteroatoms. The van der Waals surface area contributed by atoms with Crippen molar-refractivity contribution in [1.82, 2.24) is 15.0 Å². The molecule has 0 radical (unpaired) electrons. The fourth-order valence-corrected chi connectivity index (χ4v) is 5.17. The normalized spacial score (nSPS) is 16.8. The van der Waals surface area contributed by atoms with Crippen LogP contribution in [0.15, 0.2) is 24.5 Å².